The van der Waals surface area contributed by atoms with Gasteiger partial charge in [-0.25, -0.2) is 4.98 Å². The monoisotopic (exact) mass is 329 g/mol. The van der Waals surface area contributed by atoms with E-state index >= 15 is 0 Å². The zero-order valence-corrected chi connectivity index (χ0v) is 12.6. The summed E-state index contributed by atoms with van der Waals surface area (Å²) in [6, 6.07) is 2.41. The van der Waals surface area contributed by atoms with Crippen LogP contribution in [0.2, 0.25) is 0 Å². The van der Waals surface area contributed by atoms with Gasteiger partial charge in [0, 0.05) is 32.8 Å². The first-order chi connectivity index (χ1) is 10.9. The van der Waals surface area contributed by atoms with E-state index in [9.17, 15) is 18.0 Å². The molecule has 2 saturated heterocycles. The lowest BCUT2D eigenvalue weighted by Crippen LogP contribution is -2.51. The molecule has 1 aromatic rings. The number of carbonyl (C=O) groups excluding carboxylic acids is 1. The highest BCUT2D eigenvalue weighted by molar-refractivity contribution is 5.81. The van der Waals surface area contributed by atoms with Gasteiger partial charge in [0.2, 0.25) is 0 Å². The third-order valence-electron chi connectivity index (χ3n) is 4.20. The molecule has 3 heterocycles. The number of hydrogen-bond donors (Lipinski definition) is 0. The highest BCUT2D eigenvalue weighted by Crippen LogP contribution is 2.28. The molecule has 8 heteroatoms. The molecular weight excluding hydrogens is 311 g/mol. The Kier molecular flexibility index (Phi) is 4.43. The fourth-order valence-electron chi connectivity index (χ4n) is 2.90. The highest BCUT2D eigenvalue weighted by Gasteiger charge is 2.33. The Hall–Kier alpha value is -1.83. The van der Waals surface area contributed by atoms with Gasteiger partial charge >= 0.3 is 6.18 Å². The molecule has 23 heavy (non-hydrogen) atoms. The molecule has 0 bridgehead atoms. The minimum Gasteiger partial charge on any atom is -0.368 e. The molecule has 0 radical (unpaired) electrons. The second-order valence-corrected chi connectivity index (χ2v) is 5.71. The number of aromatic nitrogens is 1. The molecule has 2 fully saturated rings. The fourth-order valence-corrected chi connectivity index (χ4v) is 2.90. The Balaban J connectivity index is 1.57. The topological polar surface area (TPSA) is 45.7 Å². The molecule has 0 spiro atoms. The molecule has 1 amide bonds. The molecule has 0 N–H and O–H groups in total. The summed E-state index contributed by atoms with van der Waals surface area (Å²) in [5.74, 6) is 0.0210. The van der Waals surface area contributed by atoms with E-state index in [0.717, 1.165) is 18.9 Å². The Labute approximate surface area is 132 Å². The number of rotatable bonds is 2. The van der Waals surface area contributed by atoms with Crippen LogP contribution in [0, 0.1) is 0 Å². The summed E-state index contributed by atoms with van der Waals surface area (Å²) in [7, 11) is 0. The van der Waals surface area contributed by atoms with Crippen LogP contribution in [0.15, 0.2) is 18.3 Å². The van der Waals surface area contributed by atoms with E-state index in [1.54, 1.807) is 4.90 Å². The largest absolute Gasteiger partial charge is 0.433 e. The van der Waals surface area contributed by atoms with E-state index in [2.05, 4.69) is 4.98 Å². The first-order valence-corrected chi connectivity index (χ1v) is 7.64. The average molecular weight is 329 g/mol. The van der Waals surface area contributed by atoms with Crippen LogP contribution in [0.3, 0.4) is 0 Å². The Bertz CT molecular complexity index is 548. The maximum atomic E-state index is 12.5. The van der Waals surface area contributed by atoms with E-state index in [-0.39, 0.29) is 12.0 Å². The first-order valence-electron chi connectivity index (χ1n) is 7.64. The summed E-state index contributed by atoms with van der Waals surface area (Å²) in [4.78, 5) is 19.4. The lowest BCUT2D eigenvalue weighted by atomic mass is 10.2. The standard InChI is InChI=1S/C15H18F3N3O2/c16-15(17,18)13-4-3-11(10-19-13)20-5-7-21(8-6-20)14(22)12-2-1-9-23-12/h3-4,10,12H,1-2,5-9H2. The zero-order chi connectivity index (χ0) is 16.4. The number of amides is 1. The maximum absolute atomic E-state index is 12.5. The number of pyridine rings is 1. The summed E-state index contributed by atoms with van der Waals surface area (Å²) in [5.41, 5.74) is -0.254. The number of hydrogen-bond acceptors (Lipinski definition) is 4. The predicted molar refractivity (Wildman–Crippen MR) is 77.0 cm³/mol. The number of ether oxygens (including phenoxy) is 1. The summed E-state index contributed by atoms with van der Waals surface area (Å²) in [6.45, 7) is 2.87. The summed E-state index contributed by atoms with van der Waals surface area (Å²) in [5, 5.41) is 0. The van der Waals surface area contributed by atoms with Crippen LogP contribution in [0.1, 0.15) is 18.5 Å². The number of carbonyl (C=O) groups is 1. The normalized spacial score (nSPS) is 22.5. The number of anilines is 1. The quantitative estimate of drug-likeness (QED) is 0.832. The van der Waals surface area contributed by atoms with Gasteiger partial charge in [-0.15, -0.1) is 0 Å². The smallest absolute Gasteiger partial charge is 0.368 e. The summed E-state index contributed by atoms with van der Waals surface area (Å²) >= 11 is 0. The summed E-state index contributed by atoms with van der Waals surface area (Å²) in [6.07, 6.45) is -1.84. The van der Waals surface area contributed by atoms with Crippen molar-refractivity contribution in [3.63, 3.8) is 0 Å². The molecule has 2 aliphatic rings. The molecule has 2 aliphatic heterocycles. The number of halogens is 3. The Morgan fingerprint density at radius 2 is 1.96 bits per heavy atom. The van der Waals surface area contributed by atoms with Crippen molar-refractivity contribution in [3.8, 4) is 0 Å². The third kappa shape index (κ3) is 3.57. The maximum Gasteiger partial charge on any atom is 0.433 e. The van der Waals surface area contributed by atoms with Gasteiger partial charge in [-0.3, -0.25) is 4.79 Å². The Morgan fingerprint density at radius 3 is 2.48 bits per heavy atom. The van der Waals surface area contributed by atoms with Crippen LogP contribution >= 0.6 is 0 Å². The molecule has 0 saturated carbocycles. The van der Waals surface area contributed by atoms with E-state index in [0.29, 0.717) is 38.5 Å². The Morgan fingerprint density at radius 1 is 1.22 bits per heavy atom. The minimum absolute atomic E-state index is 0.0210. The molecule has 1 atom stereocenters. The SMILES string of the molecule is O=C(C1CCCO1)N1CCN(c2ccc(C(F)(F)F)nc2)CC1. The van der Waals surface area contributed by atoms with Gasteiger partial charge in [-0.05, 0) is 25.0 Å². The van der Waals surface area contributed by atoms with Gasteiger partial charge in [-0.1, -0.05) is 0 Å². The molecule has 5 nitrogen and oxygen atoms in total. The van der Waals surface area contributed by atoms with Crippen LogP contribution in [-0.4, -0.2) is 54.7 Å². The van der Waals surface area contributed by atoms with E-state index in [4.69, 9.17) is 4.74 Å². The van der Waals surface area contributed by atoms with Crippen LogP contribution in [0.25, 0.3) is 0 Å². The molecule has 1 aromatic heterocycles. The molecule has 126 valence electrons. The van der Waals surface area contributed by atoms with Crippen LogP contribution in [0.4, 0.5) is 18.9 Å². The van der Waals surface area contributed by atoms with Gasteiger partial charge < -0.3 is 14.5 Å². The summed E-state index contributed by atoms with van der Waals surface area (Å²) < 4.78 is 43.0. The highest BCUT2D eigenvalue weighted by atomic mass is 19.4. The van der Waals surface area contributed by atoms with Crippen molar-refractivity contribution >= 4 is 11.6 Å². The van der Waals surface area contributed by atoms with Crippen molar-refractivity contribution in [2.45, 2.75) is 25.1 Å². The fraction of sp³-hybridized carbons (Fsp3) is 0.600. The van der Waals surface area contributed by atoms with E-state index < -0.39 is 11.9 Å². The van der Waals surface area contributed by atoms with Crippen LogP contribution in [0.5, 0.6) is 0 Å². The molecule has 0 aliphatic carbocycles. The number of alkyl halides is 3. The van der Waals surface area contributed by atoms with E-state index in [1.165, 1.54) is 12.3 Å². The average Bonchev–Trinajstić information content (AvgIpc) is 3.08. The second kappa shape index (κ2) is 6.35. The van der Waals surface area contributed by atoms with Crippen LogP contribution < -0.4 is 4.90 Å². The van der Waals surface area contributed by atoms with Gasteiger partial charge in [0.15, 0.2) is 0 Å². The van der Waals surface area contributed by atoms with Crippen molar-refractivity contribution in [3.05, 3.63) is 24.0 Å². The van der Waals surface area contributed by atoms with Crippen molar-refractivity contribution in [1.29, 1.82) is 0 Å². The van der Waals surface area contributed by atoms with Gasteiger partial charge in [0.25, 0.3) is 5.91 Å². The third-order valence-corrected chi connectivity index (χ3v) is 4.20. The molecule has 1 unspecified atom stereocenters. The van der Waals surface area contributed by atoms with Crippen molar-refractivity contribution < 1.29 is 22.7 Å². The molecular formula is C15H18F3N3O2. The van der Waals surface area contributed by atoms with Gasteiger partial charge in [-0.2, -0.15) is 13.2 Å². The molecule has 3 rings (SSSR count). The van der Waals surface area contributed by atoms with Crippen molar-refractivity contribution in [2.75, 3.05) is 37.7 Å². The predicted octanol–water partition coefficient (Wildman–Crippen LogP) is 1.93. The number of piperazine rings is 1. The second-order valence-electron chi connectivity index (χ2n) is 5.71. The molecule has 0 aromatic carbocycles. The number of nitrogens with zero attached hydrogens (tertiary/aromatic N) is 3. The lowest BCUT2D eigenvalue weighted by Gasteiger charge is -2.36. The van der Waals surface area contributed by atoms with Crippen LogP contribution in [-0.2, 0) is 15.7 Å². The van der Waals surface area contributed by atoms with Gasteiger partial charge in [0.05, 0.1) is 11.9 Å². The zero-order valence-electron chi connectivity index (χ0n) is 12.6. The minimum atomic E-state index is -4.43. The first kappa shape index (κ1) is 16.0. The van der Waals surface area contributed by atoms with Crippen molar-refractivity contribution in [1.82, 2.24) is 9.88 Å². The van der Waals surface area contributed by atoms with E-state index in [1.807, 2.05) is 4.90 Å². The van der Waals surface area contributed by atoms with Crippen molar-refractivity contribution in [2.24, 2.45) is 0 Å². The van der Waals surface area contributed by atoms with Gasteiger partial charge in [0.1, 0.15) is 11.8 Å². The lowest BCUT2D eigenvalue weighted by molar-refractivity contribution is -0.142.